The van der Waals surface area contributed by atoms with Crippen LogP contribution in [0.4, 0.5) is 0 Å². The predicted octanol–water partition coefficient (Wildman–Crippen LogP) is 11.8. The molecule has 2 aromatic rings. The first-order chi connectivity index (χ1) is 20.7. The monoisotopic (exact) mass is 582 g/mol. The Hall–Kier alpha value is -2.69. The van der Waals surface area contributed by atoms with Crippen molar-refractivity contribution in [2.24, 2.45) is 0 Å². The first-order valence-corrected chi connectivity index (χ1v) is 17.0. The van der Waals surface area contributed by atoms with Gasteiger partial charge in [0.15, 0.2) is 11.5 Å². The van der Waals surface area contributed by atoms with Gasteiger partial charge in [0.25, 0.3) is 17.7 Å². The molecular formula is C37H58O5. The Kier molecular flexibility index (Phi) is 21.0. The number of unbranched alkanes of at least 4 members (excludes halogenated alkanes) is 16. The third kappa shape index (κ3) is 17.3. The van der Waals surface area contributed by atoms with Crippen LogP contribution in [0, 0.1) is 0 Å². The van der Waals surface area contributed by atoms with E-state index in [4.69, 9.17) is 18.3 Å². The summed E-state index contributed by atoms with van der Waals surface area (Å²) in [4.78, 5) is 12.7. The molecule has 2 heterocycles. The van der Waals surface area contributed by atoms with E-state index in [2.05, 4.69) is 38.2 Å². The third-order valence-corrected chi connectivity index (χ3v) is 7.43. The molecule has 2 aromatic heterocycles. The summed E-state index contributed by atoms with van der Waals surface area (Å²) < 4.78 is 22.7. The van der Waals surface area contributed by atoms with Crippen molar-refractivity contribution in [3.63, 3.8) is 0 Å². The number of rotatable bonds is 28. The van der Waals surface area contributed by atoms with Crippen LogP contribution in [0.1, 0.15) is 159 Å². The van der Waals surface area contributed by atoms with E-state index >= 15 is 0 Å². The lowest BCUT2D eigenvalue weighted by Crippen LogP contribution is -1.99. The molecule has 0 bridgehead atoms. The van der Waals surface area contributed by atoms with Crippen molar-refractivity contribution in [1.29, 1.82) is 0 Å². The zero-order chi connectivity index (χ0) is 29.9. The molecule has 0 atom stereocenters. The van der Waals surface area contributed by atoms with Gasteiger partial charge in [0.05, 0.1) is 13.2 Å². The van der Waals surface area contributed by atoms with Gasteiger partial charge in [-0.3, -0.25) is 4.79 Å². The highest BCUT2D eigenvalue weighted by atomic mass is 16.6. The van der Waals surface area contributed by atoms with Crippen LogP contribution < -0.4 is 9.47 Å². The van der Waals surface area contributed by atoms with Crippen molar-refractivity contribution in [3.05, 3.63) is 60.1 Å². The summed E-state index contributed by atoms with van der Waals surface area (Å²) in [6, 6.07) is 6.69. The molecular weight excluding hydrogens is 524 g/mol. The molecule has 2 rings (SSSR count). The lowest BCUT2D eigenvalue weighted by molar-refractivity contribution is 0.0965. The van der Waals surface area contributed by atoms with Crippen LogP contribution >= 0.6 is 0 Å². The molecule has 0 aromatic carbocycles. The van der Waals surface area contributed by atoms with Gasteiger partial charge in [-0.15, -0.1) is 0 Å². The largest absolute Gasteiger partial charge is 0.465 e. The fraction of sp³-hybridized carbons (Fsp3) is 0.649. The zero-order valence-electron chi connectivity index (χ0n) is 26.7. The van der Waals surface area contributed by atoms with Gasteiger partial charge in [-0.05, 0) is 63.5 Å². The van der Waals surface area contributed by atoms with Crippen molar-refractivity contribution in [1.82, 2.24) is 0 Å². The van der Waals surface area contributed by atoms with E-state index in [9.17, 15) is 4.79 Å². The van der Waals surface area contributed by atoms with Gasteiger partial charge in [0, 0.05) is 12.1 Å². The SMILES string of the molecule is CC/C=C\CCCCCCCCCCOc1ccc(C(=O)c2ccc(OCCCCCCCCCC/C=C\CC)o2)o1. The Bertz CT molecular complexity index is 890. The van der Waals surface area contributed by atoms with Crippen LogP contribution in [-0.4, -0.2) is 19.0 Å². The fourth-order valence-corrected chi connectivity index (χ4v) is 4.93. The summed E-state index contributed by atoms with van der Waals surface area (Å²) >= 11 is 0. The van der Waals surface area contributed by atoms with E-state index in [1.165, 1.54) is 89.9 Å². The Morgan fingerprint density at radius 2 is 0.881 bits per heavy atom. The van der Waals surface area contributed by atoms with Crippen LogP contribution in [0.3, 0.4) is 0 Å². The summed E-state index contributed by atoms with van der Waals surface area (Å²) in [5.74, 6) is 0.884. The fourth-order valence-electron chi connectivity index (χ4n) is 4.93. The second-order valence-corrected chi connectivity index (χ2v) is 11.3. The third-order valence-electron chi connectivity index (χ3n) is 7.43. The molecule has 0 N–H and O–H groups in total. The minimum absolute atomic E-state index is 0.216. The van der Waals surface area contributed by atoms with Gasteiger partial charge in [0.1, 0.15) is 0 Å². The molecule has 236 valence electrons. The highest BCUT2D eigenvalue weighted by Crippen LogP contribution is 2.23. The number of allylic oxidation sites excluding steroid dienone is 4. The van der Waals surface area contributed by atoms with E-state index in [1.807, 2.05) is 0 Å². The molecule has 0 fully saturated rings. The van der Waals surface area contributed by atoms with Crippen LogP contribution in [0.15, 0.2) is 57.4 Å². The molecule has 0 aliphatic heterocycles. The summed E-state index contributed by atoms with van der Waals surface area (Å²) in [6.07, 6.45) is 33.8. The van der Waals surface area contributed by atoms with Crippen molar-refractivity contribution >= 4 is 5.78 Å². The number of ketones is 1. The van der Waals surface area contributed by atoms with Crippen molar-refractivity contribution in [2.45, 2.75) is 142 Å². The van der Waals surface area contributed by atoms with Gasteiger partial charge in [0.2, 0.25) is 0 Å². The van der Waals surface area contributed by atoms with E-state index in [0.717, 1.165) is 38.5 Å². The summed E-state index contributed by atoms with van der Waals surface area (Å²) in [7, 11) is 0. The molecule has 0 saturated carbocycles. The number of ether oxygens (including phenoxy) is 2. The molecule has 0 unspecified atom stereocenters. The Labute approximate surface area is 256 Å². The summed E-state index contributed by atoms with van der Waals surface area (Å²) in [5.41, 5.74) is 0. The topological polar surface area (TPSA) is 61.8 Å². The second kappa shape index (κ2) is 24.9. The van der Waals surface area contributed by atoms with Gasteiger partial charge in [-0.25, -0.2) is 0 Å². The Morgan fingerprint density at radius 3 is 1.26 bits per heavy atom. The highest BCUT2D eigenvalue weighted by Gasteiger charge is 2.18. The Balaban J connectivity index is 1.47. The van der Waals surface area contributed by atoms with Gasteiger partial charge in [-0.1, -0.05) is 115 Å². The van der Waals surface area contributed by atoms with Crippen LogP contribution in [0.5, 0.6) is 11.9 Å². The number of carbonyl (C=O) groups is 1. The molecule has 0 saturated heterocycles. The number of carbonyl (C=O) groups excluding carboxylic acids is 1. The molecule has 0 aliphatic rings. The molecule has 42 heavy (non-hydrogen) atoms. The van der Waals surface area contributed by atoms with E-state index in [0.29, 0.717) is 25.1 Å². The number of furan rings is 2. The highest BCUT2D eigenvalue weighted by molar-refractivity contribution is 6.05. The van der Waals surface area contributed by atoms with E-state index in [1.54, 1.807) is 24.3 Å². The minimum atomic E-state index is -0.303. The van der Waals surface area contributed by atoms with Crippen LogP contribution in [0.25, 0.3) is 0 Å². The van der Waals surface area contributed by atoms with Crippen LogP contribution in [0.2, 0.25) is 0 Å². The van der Waals surface area contributed by atoms with Crippen molar-refractivity contribution in [3.8, 4) is 11.9 Å². The van der Waals surface area contributed by atoms with Crippen molar-refractivity contribution < 1.29 is 23.1 Å². The summed E-state index contributed by atoms with van der Waals surface area (Å²) in [5, 5.41) is 0. The molecule has 0 aliphatic carbocycles. The van der Waals surface area contributed by atoms with E-state index < -0.39 is 0 Å². The first-order valence-electron chi connectivity index (χ1n) is 17.0. The second-order valence-electron chi connectivity index (χ2n) is 11.3. The maximum atomic E-state index is 12.7. The molecule has 0 amide bonds. The summed E-state index contributed by atoms with van der Waals surface area (Å²) in [6.45, 7) is 5.56. The van der Waals surface area contributed by atoms with E-state index in [-0.39, 0.29) is 17.3 Å². The smallest absolute Gasteiger partial charge is 0.284 e. The molecule has 0 spiro atoms. The average Bonchev–Trinajstić information content (AvgIpc) is 3.68. The quantitative estimate of drug-likeness (QED) is 0.0567. The van der Waals surface area contributed by atoms with Gasteiger partial charge < -0.3 is 18.3 Å². The van der Waals surface area contributed by atoms with Gasteiger partial charge >= 0.3 is 0 Å². The molecule has 5 nitrogen and oxygen atoms in total. The lowest BCUT2D eigenvalue weighted by Gasteiger charge is -2.04. The maximum absolute atomic E-state index is 12.7. The standard InChI is InChI=1S/C37H58O5/c1-3-5-7-9-11-13-15-17-19-21-23-25-31-39-35-29-27-33(41-35)37(38)34-28-30-36(42-34)40-32-26-24-22-20-18-16-14-12-10-8-6-4-2/h5-8,27-30H,3-4,9-26,31-32H2,1-2H3/b7-5-,8-6-. The normalized spacial score (nSPS) is 11.7. The number of hydrogen-bond acceptors (Lipinski definition) is 5. The average molecular weight is 583 g/mol. The Morgan fingerprint density at radius 1 is 0.524 bits per heavy atom. The zero-order valence-corrected chi connectivity index (χ0v) is 26.7. The van der Waals surface area contributed by atoms with Gasteiger partial charge in [-0.2, -0.15) is 0 Å². The predicted molar refractivity (Wildman–Crippen MR) is 174 cm³/mol. The molecule has 0 radical (unpaired) electrons. The molecule has 5 heteroatoms. The number of hydrogen-bond donors (Lipinski definition) is 0. The minimum Gasteiger partial charge on any atom is -0.465 e. The van der Waals surface area contributed by atoms with Crippen molar-refractivity contribution in [2.75, 3.05) is 13.2 Å². The first kappa shape index (κ1) is 35.5. The lowest BCUT2D eigenvalue weighted by atomic mass is 10.1. The van der Waals surface area contributed by atoms with Crippen LogP contribution in [-0.2, 0) is 0 Å². The maximum Gasteiger partial charge on any atom is 0.284 e.